The number of aryl methyl sites for hydroxylation is 1. The quantitative estimate of drug-likeness (QED) is 0.556. The van der Waals surface area contributed by atoms with Crippen LogP contribution in [-0.2, 0) is 21.5 Å². The summed E-state index contributed by atoms with van der Waals surface area (Å²) in [7, 11) is 0. The van der Waals surface area contributed by atoms with Crippen LogP contribution in [0.1, 0.15) is 41.8 Å². The van der Waals surface area contributed by atoms with Crippen molar-refractivity contribution >= 4 is 29.2 Å². The first-order valence-electron chi connectivity index (χ1n) is 11.1. The highest BCUT2D eigenvalue weighted by Crippen LogP contribution is 2.42. The molecular formula is C26H25N3O3S. The van der Waals surface area contributed by atoms with Gasteiger partial charge in [0.05, 0.1) is 6.04 Å². The Kier molecular flexibility index (Phi) is 5.50. The maximum absolute atomic E-state index is 13.3. The van der Waals surface area contributed by atoms with Crippen molar-refractivity contribution in [2.24, 2.45) is 0 Å². The van der Waals surface area contributed by atoms with E-state index in [1.54, 1.807) is 11.3 Å². The van der Waals surface area contributed by atoms with Gasteiger partial charge in [0.1, 0.15) is 12.1 Å². The number of fused-ring (bicyclic) bond motifs is 2. The Morgan fingerprint density at radius 1 is 1.09 bits per heavy atom. The van der Waals surface area contributed by atoms with E-state index in [0.717, 1.165) is 44.9 Å². The molecule has 2 atom stereocenters. The van der Waals surface area contributed by atoms with Crippen LogP contribution in [0.5, 0.6) is 0 Å². The molecule has 2 aliphatic rings. The molecule has 7 heteroatoms. The number of carbonyl (C=O) groups is 3. The molecule has 0 saturated carbocycles. The van der Waals surface area contributed by atoms with Gasteiger partial charge in [-0.3, -0.25) is 14.5 Å². The van der Waals surface area contributed by atoms with E-state index in [4.69, 9.17) is 0 Å². The Bertz CT molecular complexity index is 1210. The number of nitrogens with zero attached hydrogens (tertiary/aromatic N) is 1. The normalized spacial score (nSPS) is 20.5. The van der Waals surface area contributed by atoms with Crippen LogP contribution in [0.25, 0.3) is 11.1 Å². The largest absolute Gasteiger partial charge is 0.348 e. The lowest BCUT2D eigenvalue weighted by Gasteiger charge is -2.31. The van der Waals surface area contributed by atoms with E-state index in [9.17, 15) is 14.4 Å². The lowest BCUT2D eigenvalue weighted by Crippen LogP contribution is -2.47. The van der Waals surface area contributed by atoms with Gasteiger partial charge in [-0.1, -0.05) is 54.6 Å². The third kappa shape index (κ3) is 3.82. The van der Waals surface area contributed by atoms with Crippen LogP contribution in [0.4, 0.5) is 4.79 Å². The van der Waals surface area contributed by atoms with E-state index in [1.807, 2.05) is 60.8 Å². The molecule has 0 radical (unpaired) electrons. The van der Waals surface area contributed by atoms with E-state index < -0.39 is 11.6 Å². The third-order valence-corrected chi connectivity index (χ3v) is 7.51. The molecule has 3 aromatic rings. The Morgan fingerprint density at radius 3 is 2.58 bits per heavy atom. The highest BCUT2D eigenvalue weighted by atomic mass is 32.1. The van der Waals surface area contributed by atoms with Crippen molar-refractivity contribution in [2.75, 3.05) is 6.54 Å². The highest BCUT2D eigenvalue weighted by Gasteiger charge is 2.54. The standard InChI is InChI=1S/C26H25N3O3S/c1-17(18-9-11-20(12-10-18)19-6-3-2-4-7-19)27-23(30)16-29-24(31)26(28-25(29)32)14-5-8-22-21(26)13-15-33-22/h2-4,6-7,9-13,15,17H,5,8,14,16H2,1H3,(H,27,30)(H,28,32)/t17-,26-/m0/s1. The van der Waals surface area contributed by atoms with Crippen molar-refractivity contribution < 1.29 is 14.4 Å². The molecule has 168 valence electrons. The summed E-state index contributed by atoms with van der Waals surface area (Å²) in [6, 6.07) is 19.3. The average Bonchev–Trinajstić information content (AvgIpc) is 3.40. The molecule has 6 nitrogen and oxygen atoms in total. The number of amides is 4. The molecule has 1 saturated heterocycles. The number of hydrogen-bond acceptors (Lipinski definition) is 4. The van der Waals surface area contributed by atoms with E-state index in [-0.39, 0.29) is 24.4 Å². The van der Waals surface area contributed by atoms with E-state index in [1.165, 1.54) is 0 Å². The summed E-state index contributed by atoms with van der Waals surface area (Å²) in [5.74, 6) is -0.696. The molecule has 1 spiro atoms. The first-order chi connectivity index (χ1) is 16.0. The van der Waals surface area contributed by atoms with Gasteiger partial charge in [0.2, 0.25) is 5.91 Å². The Labute approximate surface area is 196 Å². The lowest BCUT2D eigenvalue weighted by atomic mass is 9.80. The van der Waals surface area contributed by atoms with Crippen molar-refractivity contribution in [1.82, 2.24) is 15.5 Å². The molecule has 1 aliphatic heterocycles. The number of thiophene rings is 1. The molecule has 0 bridgehead atoms. The lowest BCUT2D eigenvalue weighted by molar-refractivity contribution is -0.135. The Balaban J connectivity index is 1.25. The molecule has 5 rings (SSSR count). The van der Waals surface area contributed by atoms with Crippen molar-refractivity contribution in [1.29, 1.82) is 0 Å². The average molecular weight is 460 g/mol. The molecular weight excluding hydrogens is 434 g/mol. The minimum Gasteiger partial charge on any atom is -0.348 e. The van der Waals surface area contributed by atoms with Crippen molar-refractivity contribution in [2.45, 2.75) is 37.8 Å². The van der Waals surface area contributed by atoms with Crippen LogP contribution in [0.15, 0.2) is 66.0 Å². The van der Waals surface area contributed by atoms with Crippen LogP contribution in [-0.4, -0.2) is 29.3 Å². The second-order valence-electron chi connectivity index (χ2n) is 8.62. The predicted molar refractivity (Wildman–Crippen MR) is 128 cm³/mol. The topological polar surface area (TPSA) is 78.5 Å². The fourth-order valence-electron chi connectivity index (χ4n) is 4.79. The summed E-state index contributed by atoms with van der Waals surface area (Å²) in [4.78, 5) is 40.9. The number of urea groups is 1. The number of benzene rings is 2. The smallest absolute Gasteiger partial charge is 0.325 e. The molecule has 1 aromatic heterocycles. The second kappa shape index (κ2) is 8.48. The molecule has 2 heterocycles. The Hall–Kier alpha value is -3.45. The second-order valence-corrected chi connectivity index (χ2v) is 9.62. The summed E-state index contributed by atoms with van der Waals surface area (Å²) in [6.45, 7) is 1.60. The number of imide groups is 1. The predicted octanol–water partition coefficient (Wildman–Crippen LogP) is 4.38. The van der Waals surface area contributed by atoms with Gasteiger partial charge in [-0.2, -0.15) is 0 Å². The fraction of sp³-hybridized carbons (Fsp3) is 0.269. The van der Waals surface area contributed by atoms with Gasteiger partial charge in [-0.25, -0.2) is 4.79 Å². The molecule has 0 unspecified atom stereocenters. The van der Waals surface area contributed by atoms with Crippen LogP contribution in [0.2, 0.25) is 0 Å². The number of nitrogens with one attached hydrogen (secondary N) is 2. The molecule has 1 aliphatic carbocycles. The van der Waals surface area contributed by atoms with Gasteiger partial charge in [0, 0.05) is 10.4 Å². The Morgan fingerprint density at radius 2 is 1.82 bits per heavy atom. The summed E-state index contributed by atoms with van der Waals surface area (Å²) < 4.78 is 0. The summed E-state index contributed by atoms with van der Waals surface area (Å²) in [5.41, 5.74) is 3.04. The van der Waals surface area contributed by atoms with E-state index >= 15 is 0 Å². The first kappa shape index (κ1) is 21.4. The fourth-order valence-corrected chi connectivity index (χ4v) is 5.79. The number of carbonyl (C=O) groups excluding carboxylic acids is 3. The first-order valence-corrected chi connectivity index (χ1v) is 12.0. The van der Waals surface area contributed by atoms with Crippen molar-refractivity contribution in [3.8, 4) is 11.1 Å². The zero-order valence-corrected chi connectivity index (χ0v) is 19.2. The maximum atomic E-state index is 13.3. The highest BCUT2D eigenvalue weighted by molar-refractivity contribution is 7.10. The zero-order valence-electron chi connectivity index (χ0n) is 18.3. The van der Waals surface area contributed by atoms with Gasteiger partial charge in [-0.05, 0) is 54.3 Å². The molecule has 2 N–H and O–H groups in total. The number of hydrogen-bond donors (Lipinski definition) is 2. The monoisotopic (exact) mass is 459 g/mol. The van der Waals surface area contributed by atoms with Crippen LogP contribution < -0.4 is 10.6 Å². The van der Waals surface area contributed by atoms with Crippen LogP contribution >= 0.6 is 11.3 Å². The van der Waals surface area contributed by atoms with Gasteiger partial charge >= 0.3 is 6.03 Å². The van der Waals surface area contributed by atoms with E-state index in [0.29, 0.717) is 6.42 Å². The molecule has 33 heavy (non-hydrogen) atoms. The van der Waals surface area contributed by atoms with Gasteiger partial charge < -0.3 is 10.6 Å². The minimum atomic E-state index is -1.02. The minimum absolute atomic E-state index is 0.254. The van der Waals surface area contributed by atoms with Gasteiger partial charge in [-0.15, -0.1) is 11.3 Å². The molecule has 1 fully saturated rings. The SMILES string of the molecule is C[C@H](NC(=O)CN1C(=O)N[C@]2(CCCc3sccc32)C1=O)c1ccc(-c2ccccc2)cc1. The third-order valence-electron chi connectivity index (χ3n) is 6.53. The zero-order chi connectivity index (χ0) is 23.0. The van der Waals surface area contributed by atoms with E-state index in [2.05, 4.69) is 22.8 Å². The molecule has 2 aromatic carbocycles. The van der Waals surface area contributed by atoms with Crippen molar-refractivity contribution in [3.05, 3.63) is 82.0 Å². The van der Waals surface area contributed by atoms with Gasteiger partial charge in [0.15, 0.2) is 0 Å². The summed E-state index contributed by atoms with van der Waals surface area (Å²) in [5, 5.41) is 7.76. The summed E-state index contributed by atoms with van der Waals surface area (Å²) in [6.07, 6.45) is 2.30. The van der Waals surface area contributed by atoms with Crippen LogP contribution in [0, 0.1) is 0 Å². The van der Waals surface area contributed by atoms with Crippen molar-refractivity contribution in [3.63, 3.8) is 0 Å². The maximum Gasteiger partial charge on any atom is 0.325 e. The van der Waals surface area contributed by atoms with Gasteiger partial charge in [0.25, 0.3) is 5.91 Å². The number of rotatable bonds is 5. The van der Waals surface area contributed by atoms with Crippen LogP contribution in [0.3, 0.4) is 0 Å². The summed E-state index contributed by atoms with van der Waals surface area (Å²) >= 11 is 1.61. The molecule has 4 amide bonds.